The lowest BCUT2D eigenvalue weighted by atomic mass is 9.71. The fraction of sp³-hybridized carbons (Fsp3) is 1.00. The topological polar surface area (TPSA) is 12.0 Å². The van der Waals surface area contributed by atoms with Crippen molar-refractivity contribution in [3.05, 3.63) is 0 Å². The molecular weight excluding hydrogens is 206 g/mol. The highest BCUT2D eigenvalue weighted by molar-refractivity contribution is 4.81. The van der Waals surface area contributed by atoms with E-state index in [1.165, 1.54) is 77.2 Å². The second kappa shape index (κ2) is 9.94. The molecule has 0 aliphatic heterocycles. The van der Waals surface area contributed by atoms with Crippen LogP contribution in [-0.4, -0.2) is 13.6 Å². The van der Waals surface area contributed by atoms with E-state index < -0.39 is 0 Å². The van der Waals surface area contributed by atoms with Gasteiger partial charge in [-0.25, -0.2) is 0 Å². The first-order chi connectivity index (χ1) is 8.38. The van der Waals surface area contributed by atoms with Gasteiger partial charge in [0.15, 0.2) is 0 Å². The van der Waals surface area contributed by atoms with Crippen LogP contribution in [0, 0.1) is 11.8 Å². The molecule has 1 fully saturated rings. The highest BCUT2D eigenvalue weighted by Crippen LogP contribution is 2.37. The van der Waals surface area contributed by atoms with Crippen LogP contribution in [0.4, 0.5) is 0 Å². The zero-order valence-corrected chi connectivity index (χ0v) is 12.1. The van der Waals surface area contributed by atoms with E-state index >= 15 is 0 Å². The van der Waals surface area contributed by atoms with Gasteiger partial charge in [0.25, 0.3) is 0 Å². The van der Waals surface area contributed by atoms with Gasteiger partial charge in [-0.2, -0.15) is 0 Å². The molecule has 102 valence electrons. The molecule has 1 heteroatoms. The lowest BCUT2D eigenvalue weighted by molar-refractivity contribution is 0.159. The quantitative estimate of drug-likeness (QED) is 0.512. The molecule has 17 heavy (non-hydrogen) atoms. The van der Waals surface area contributed by atoms with E-state index in [-0.39, 0.29) is 0 Å². The predicted octanol–water partition coefficient (Wildman–Crippen LogP) is 4.76. The summed E-state index contributed by atoms with van der Waals surface area (Å²) in [6.45, 7) is 3.54. The maximum absolute atomic E-state index is 3.33. The molecule has 1 nitrogen and oxygen atoms in total. The minimum absolute atomic E-state index is 1.00. The van der Waals surface area contributed by atoms with Gasteiger partial charge in [0.05, 0.1) is 0 Å². The highest BCUT2D eigenvalue weighted by atomic mass is 14.8. The SMILES string of the molecule is CCCCCCCCCCC1CCC1CNC. The van der Waals surface area contributed by atoms with Gasteiger partial charge in [-0.15, -0.1) is 0 Å². The molecule has 1 saturated carbocycles. The third-order valence-corrected chi connectivity index (χ3v) is 4.47. The Kier molecular flexibility index (Phi) is 8.78. The molecule has 0 aromatic heterocycles. The summed E-state index contributed by atoms with van der Waals surface area (Å²) in [5.41, 5.74) is 0. The first-order valence-corrected chi connectivity index (χ1v) is 8.03. The molecule has 2 atom stereocenters. The van der Waals surface area contributed by atoms with Crippen molar-refractivity contribution in [1.82, 2.24) is 5.32 Å². The summed E-state index contributed by atoms with van der Waals surface area (Å²) >= 11 is 0. The van der Waals surface area contributed by atoms with Crippen molar-refractivity contribution in [1.29, 1.82) is 0 Å². The normalized spacial score (nSPS) is 23.6. The summed E-state index contributed by atoms with van der Waals surface area (Å²) in [6.07, 6.45) is 16.1. The van der Waals surface area contributed by atoms with Crippen LogP contribution in [0.15, 0.2) is 0 Å². The van der Waals surface area contributed by atoms with Crippen molar-refractivity contribution in [3.8, 4) is 0 Å². The van der Waals surface area contributed by atoms with Gasteiger partial charge in [0, 0.05) is 0 Å². The Morgan fingerprint density at radius 2 is 1.41 bits per heavy atom. The maximum Gasteiger partial charge on any atom is -0.00209 e. The average Bonchev–Trinajstić information content (AvgIpc) is 2.32. The molecule has 0 amide bonds. The smallest absolute Gasteiger partial charge is 0.00209 e. The Balaban J connectivity index is 1.81. The summed E-state index contributed by atoms with van der Waals surface area (Å²) in [7, 11) is 2.09. The maximum atomic E-state index is 3.33. The molecule has 1 aliphatic rings. The minimum Gasteiger partial charge on any atom is -0.319 e. The molecular formula is C16H33N. The number of nitrogens with one attached hydrogen (secondary N) is 1. The van der Waals surface area contributed by atoms with E-state index in [4.69, 9.17) is 0 Å². The van der Waals surface area contributed by atoms with Crippen LogP contribution >= 0.6 is 0 Å². The van der Waals surface area contributed by atoms with E-state index in [1.54, 1.807) is 0 Å². The molecule has 1 rings (SSSR count). The summed E-state index contributed by atoms with van der Waals surface area (Å²) in [6, 6.07) is 0. The molecule has 1 N–H and O–H groups in total. The summed E-state index contributed by atoms with van der Waals surface area (Å²) in [5.74, 6) is 2.06. The van der Waals surface area contributed by atoms with Crippen LogP contribution < -0.4 is 5.32 Å². The Morgan fingerprint density at radius 1 is 0.824 bits per heavy atom. The monoisotopic (exact) mass is 239 g/mol. The zero-order chi connectivity index (χ0) is 12.3. The number of unbranched alkanes of at least 4 members (excludes halogenated alkanes) is 7. The fourth-order valence-corrected chi connectivity index (χ4v) is 3.09. The summed E-state index contributed by atoms with van der Waals surface area (Å²) < 4.78 is 0. The number of hydrogen-bond acceptors (Lipinski definition) is 1. The van der Waals surface area contributed by atoms with E-state index in [9.17, 15) is 0 Å². The van der Waals surface area contributed by atoms with Gasteiger partial charge in [-0.05, 0) is 38.3 Å². The molecule has 0 heterocycles. The van der Waals surface area contributed by atoms with Crippen molar-refractivity contribution in [3.63, 3.8) is 0 Å². The first kappa shape index (κ1) is 15.0. The predicted molar refractivity (Wildman–Crippen MR) is 77.4 cm³/mol. The second-order valence-corrected chi connectivity index (χ2v) is 5.92. The van der Waals surface area contributed by atoms with Crippen LogP contribution in [0.3, 0.4) is 0 Å². The fourth-order valence-electron chi connectivity index (χ4n) is 3.09. The Hall–Kier alpha value is -0.0400. The van der Waals surface area contributed by atoms with Gasteiger partial charge < -0.3 is 5.32 Å². The van der Waals surface area contributed by atoms with Crippen LogP contribution in [0.25, 0.3) is 0 Å². The molecule has 0 aromatic rings. The zero-order valence-electron chi connectivity index (χ0n) is 12.1. The Morgan fingerprint density at radius 3 is 1.94 bits per heavy atom. The lowest BCUT2D eigenvalue weighted by Gasteiger charge is -2.36. The first-order valence-electron chi connectivity index (χ1n) is 8.03. The number of hydrogen-bond donors (Lipinski definition) is 1. The highest BCUT2D eigenvalue weighted by Gasteiger charge is 2.28. The Bertz CT molecular complexity index is 167. The standard InChI is InChI=1S/C16H33N/c1-3-4-5-6-7-8-9-10-11-15-12-13-16(15)14-17-2/h15-17H,3-14H2,1-2H3. The van der Waals surface area contributed by atoms with Crippen molar-refractivity contribution in [2.75, 3.05) is 13.6 Å². The van der Waals surface area contributed by atoms with Crippen LogP contribution in [-0.2, 0) is 0 Å². The van der Waals surface area contributed by atoms with Gasteiger partial charge in [0.1, 0.15) is 0 Å². The van der Waals surface area contributed by atoms with Crippen LogP contribution in [0.2, 0.25) is 0 Å². The van der Waals surface area contributed by atoms with Crippen molar-refractivity contribution in [2.45, 2.75) is 77.6 Å². The molecule has 1 aliphatic carbocycles. The van der Waals surface area contributed by atoms with E-state index in [2.05, 4.69) is 19.3 Å². The van der Waals surface area contributed by atoms with Crippen molar-refractivity contribution in [2.24, 2.45) is 11.8 Å². The van der Waals surface area contributed by atoms with Gasteiger partial charge in [-0.1, -0.05) is 64.7 Å². The second-order valence-electron chi connectivity index (χ2n) is 5.92. The third kappa shape index (κ3) is 6.45. The molecule has 0 bridgehead atoms. The van der Waals surface area contributed by atoms with Crippen LogP contribution in [0.1, 0.15) is 77.6 Å². The van der Waals surface area contributed by atoms with Crippen molar-refractivity contribution >= 4 is 0 Å². The summed E-state index contributed by atoms with van der Waals surface area (Å²) in [5, 5.41) is 3.33. The molecule has 0 spiro atoms. The number of rotatable bonds is 11. The molecule has 0 radical (unpaired) electrons. The third-order valence-electron chi connectivity index (χ3n) is 4.47. The van der Waals surface area contributed by atoms with Crippen LogP contribution in [0.5, 0.6) is 0 Å². The van der Waals surface area contributed by atoms with Crippen molar-refractivity contribution < 1.29 is 0 Å². The largest absolute Gasteiger partial charge is 0.319 e. The van der Waals surface area contributed by atoms with Gasteiger partial charge in [0.2, 0.25) is 0 Å². The van der Waals surface area contributed by atoms with Gasteiger partial charge >= 0.3 is 0 Å². The molecule has 0 saturated heterocycles. The molecule has 0 aromatic carbocycles. The minimum atomic E-state index is 1.00. The van der Waals surface area contributed by atoms with E-state index in [0.717, 1.165) is 11.8 Å². The lowest BCUT2D eigenvalue weighted by Crippen LogP contribution is -2.33. The molecule has 2 unspecified atom stereocenters. The Labute approximate surface area is 109 Å². The average molecular weight is 239 g/mol. The van der Waals surface area contributed by atoms with E-state index in [0.29, 0.717) is 0 Å². The summed E-state index contributed by atoms with van der Waals surface area (Å²) in [4.78, 5) is 0. The van der Waals surface area contributed by atoms with E-state index in [1.807, 2.05) is 0 Å². The van der Waals surface area contributed by atoms with Gasteiger partial charge in [-0.3, -0.25) is 0 Å².